The highest BCUT2D eigenvalue weighted by Gasteiger charge is 2.04. The van der Waals surface area contributed by atoms with Crippen LogP contribution in [0.3, 0.4) is 0 Å². The molecule has 3 heteroatoms. The van der Waals surface area contributed by atoms with E-state index >= 15 is 0 Å². The molecule has 1 nitrogen and oxygen atoms in total. The number of hydrogen-bond donors (Lipinski definition) is 1. The topological polar surface area (TPSA) is 12.9 Å². The average molecular weight is 264 g/mol. The summed E-state index contributed by atoms with van der Waals surface area (Å²) in [7, 11) is 0. The summed E-state index contributed by atoms with van der Waals surface area (Å²) in [6.45, 7) is 4.06. The zero-order valence-electron chi connectivity index (χ0n) is 9.87. The number of aryl methyl sites for hydroxylation is 2. The zero-order chi connectivity index (χ0) is 12.4. The monoisotopic (exact) mass is 263 g/mol. The number of hydrogen-bond acceptors (Lipinski definition) is 2. The molecule has 1 heterocycles. The Labute approximate surface area is 112 Å². The maximum Gasteiger partial charge on any atom is 0.0477 e. The molecule has 0 unspecified atom stereocenters. The van der Waals surface area contributed by atoms with Crippen molar-refractivity contribution in [3.63, 3.8) is 0 Å². The zero-order valence-corrected chi connectivity index (χ0v) is 11.5. The first-order valence-corrected chi connectivity index (χ1v) is 6.28. The summed E-state index contributed by atoms with van der Waals surface area (Å²) in [6, 6.07) is 8.17. The van der Waals surface area contributed by atoms with E-state index in [-0.39, 0.29) is 0 Å². The van der Waals surface area contributed by atoms with E-state index in [1.165, 1.54) is 5.56 Å². The fourth-order valence-corrected chi connectivity index (χ4v) is 2.17. The number of thiol groups is 1. The molecule has 0 spiro atoms. The molecule has 88 valence electrons. The van der Waals surface area contributed by atoms with Gasteiger partial charge in [-0.2, -0.15) is 0 Å². The Bertz CT molecular complexity index is 552. The van der Waals surface area contributed by atoms with Crippen molar-refractivity contribution < 1.29 is 0 Å². The van der Waals surface area contributed by atoms with Gasteiger partial charge in [0.15, 0.2) is 0 Å². The van der Waals surface area contributed by atoms with Gasteiger partial charge in [0, 0.05) is 28.2 Å². The van der Waals surface area contributed by atoms with Crippen LogP contribution in [0.5, 0.6) is 0 Å². The molecule has 0 aliphatic heterocycles. The molecule has 0 saturated carbocycles. The van der Waals surface area contributed by atoms with Gasteiger partial charge in [-0.15, -0.1) is 12.6 Å². The van der Waals surface area contributed by atoms with E-state index in [1.54, 1.807) is 6.20 Å². The predicted molar refractivity (Wildman–Crippen MR) is 75.2 cm³/mol. The Balaban J connectivity index is 2.28. The van der Waals surface area contributed by atoms with Gasteiger partial charge >= 0.3 is 0 Å². The minimum absolute atomic E-state index is 0.805. The van der Waals surface area contributed by atoms with Gasteiger partial charge in [0.05, 0.1) is 0 Å². The fraction of sp³-hybridized carbons (Fsp3) is 0.214. The van der Waals surface area contributed by atoms with Crippen molar-refractivity contribution in [3.8, 4) is 0 Å². The first-order chi connectivity index (χ1) is 8.06. The van der Waals surface area contributed by atoms with Gasteiger partial charge < -0.3 is 0 Å². The van der Waals surface area contributed by atoms with Gasteiger partial charge in [-0.05, 0) is 42.7 Å². The van der Waals surface area contributed by atoms with Crippen LogP contribution < -0.4 is 0 Å². The molecule has 0 aliphatic rings. The molecule has 0 fully saturated rings. The summed E-state index contributed by atoms with van der Waals surface area (Å²) in [6.07, 6.45) is 2.58. The highest BCUT2D eigenvalue weighted by atomic mass is 35.5. The van der Waals surface area contributed by atoms with E-state index in [0.717, 1.165) is 33.2 Å². The van der Waals surface area contributed by atoms with Crippen molar-refractivity contribution in [2.45, 2.75) is 25.2 Å². The van der Waals surface area contributed by atoms with Crippen LogP contribution in [-0.4, -0.2) is 4.98 Å². The van der Waals surface area contributed by atoms with Crippen LogP contribution in [-0.2, 0) is 6.42 Å². The van der Waals surface area contributed by atoms with Crippen molar-refractivity contribution in [2.24, 2.45) is 0 Å². The molecule has 0 atom stereocenters. The Morgan fingerprint density at radius 3 is 2.59 bits per heavy atom. The SMILES string of the molecule is Cc1ccc(Cc2ncc(S)cc2C)cc1Cl. The largest absolute Gasteiger partial charge is 0.260 e. The van der Waals surface area contributed by atoms with Crippen molar-refractivity contribution in [3.05, 3.63) is 57.9 Å². The number of aromatic nitrogens is 1. The van der Waals surface area contributed by atoms with Gasteiger partial charge in [0.25, 0.3) is 0 Å². The summed E-state index contributed by atoms with van der Waals surface area (Å²) in [5.41, 5.74) is 4.52. The molecule has 0 radical (unpaired) electrons. The minimum atomic E-state index is 0.805. The summed E-state index contributed by atoms with van der Waals surface area (Å²) in [5.74, 6) is 0. The van der Waals surface area contributed by atoms with Crippen LogP contribution in [0.4, 0.5) is 0 Å². The average Bonchev–Trinajstić information content (AvgIpc) is 2.27. The third-order valence-corrected chi connectivity index (χ3v) is 3.43. The lowest BCUT2D eigenvalue weighted by Crippen LogP contribution is -1.96. The molecular formula is C14H14ClNS. The van der Waals surface area contributed by atoms with Crippen molar-refractivity contribution >= 4 is 24.2 Å². The Morgan fingerprint density at radius 2 is 1.94 bits per heavy atom. The van der Waals surface area contributed by atoms with Crippen molar-refractivity contribution in [2.75, 3.05) is 0 Å². The normalized spacial score (nSPS) is 10.6. The lowest BCUT2D eigenvalue weighted by molar-refractivity contribution is 1.02. The van der Waals surface area contributed by atoms with Gasteiger partial charge in [0.1, 0.15) is 0 Å². The maximum absolute atomic E-state index is 6.11. The first-order valence-electron chi connectivity index (χ1n) is 5.46. The second-order valence-electron chi connectivity index (χ2n) is 4.22. The van der Waals surface area contributed by atoms with Crippen molar-refractivity contribution in [1.29, 1.82) is 0 Å². The lowest BCUT2D eigenvalue weighted by Gasteiger charge is -2.07. The van der Waals surface area contributed by atoms with Crippen molar-refractivity contribution in [1.82, 2.24) is 4.98 Å². The molecule has 17 heavy (non-hydrogen) atoms. The van der Waals surface area contributed by atoms with Gasteiger partial charge in [-0.3, -0.25) is 4.98 Å². The van der Waals surface area contributed by atoms with E-state index in [0.29, 0.717) is 0 Å². The van der Waals surface area contributed by atoms with E-state index in [9.17, 15) is 0 Å². The molecule has 0 amide bonds. The first kappa shape index (κ1) is 12.5. The molecule has 2 aromatic rings. The second-order valence-corrected chi connectivity index (χ2v) is 5.14. The fourth-order valence-electron chi connectivity index (χ4n) is 1.71. The Morgan fingerprint density at radius 1 is 1.18 bits per heavy atom. The summed E-state index contributed by atoms with van der Waals surface area (Å²) in [4.78, 5) is 5.30. The Hall–Kier alpha value is -0.990. The predicted octanol–water partition coefficient (Wildman–Crippen LogP) is 4.23. The van der Waals surface area contributed by atoms with E-state index in [1.807, 2.05) is 25.1 Å². The molecule has 0 aliphatic carbocycles. The number of pyridine rings is 1. The van der Waals surface area contributed by atoms with Crippen LogP contribution in [0.2, 0.25) is 5.02 Å². The smallest absolute Gasteiger partial charge is 0.0477 e. The summed E-state index contributed by atoms with van der Waals surface area (Å²) in [5, 5.41) is 0.811. The second kappa shape index (κ2) is 5.11. The third kappa shape index (κ3) is 3.02. The molecule has 0 saturated heterocycles. The van der Waals surface area contributed by atoms with Gasteiger partial charge in [-0.25, -0.2) is 0 Å². The van der Waals surface area contributed by atoms with Crippen LogP contribution >= 0.6 is 24.2 Å². The molecular weight excluding hydrogens is 250 g/mol. The van der Waals surface area contributed by atoms with E-state index in [4.69, 9.17) is 11.6 Å². The third-order valence-electron chi connectivity index (χ3n) is 2.78. The van der Waals surface area contributed by atoms with Crippen LogP contribution in [0, 0.1) is 13.8 Å². The Kier molecular flexibility index (Phi) is 3.75. The van der Waals surface area contributed by atoms with Crippen LogP contribution in [0.25, 0.3) is 0 Å². The molecule has 0 N–H and O–H groups in total. The number of benzene rings is 1. The molecule has 0 bridgehead atoms. The highest BCUT2D eigenvalue weighted by molar-refractivity contribution is 7.80. The van der Waals surface area contributed by atoms with E-state index in [2.05, 4.69) is 30.6 Å². The summed E-state index contributed by atoms with van der Waals surface area (Å²) >= 11 is 10.4. The number of nitrogens with zero attached hydrogens (tertiary/aromatic N) is 1. The molecule has 1 aromatic heterocycles. The number of halogens is 1. The molecule has 2 rings (SSSR count). The van der Waals surface area contributed by atoms with Gasteiger partial charge in [0.2, 0.25) is 0 Å². The number of rotatable bonds is 2. The maximum atomic E-state index is 6.11. The van der Waals surface area contributed by atoms with Crippen LogP contribution in [0.1, 0.15) is 22.4 Å². The van der Waals surface area contributed by atoms with Crippen LogP contribution in [0.15, 0.2) is 35.4 Å². The standard InChI is InChI=1S/C14H14ClNS/c1-9-3-4-11(6-13(9)15)7-14-10(2)5-12(17)8-16-14/h3-6,8,17H,7H2,1-2H3. The van der Waals surface area contributed by atoms with Gasteiger partial charge in [-0.1, -0.05) is 23.7 Å². The van der Waals surface area contributed by atoms with E-state index < -0.39 is 0 Å². The highest BCUT2D eigenvalue weighted by Crippen LogP contribution is 2.20. The minimum Gasteiger partial charge on any atom is -0.260 e. The lowest BCUT2D eigenvalue weighted by atomic mass is 10.0. The molecule has 1 aromatic carbocycles. The summed E-state index contributed by atoms with van der Waals surface area (Å²) < 4.78 is 0. The quantitative estimate of drug-likeness (QED) is 0.800.